The van der Waals surface area contributed by atoms with Crippen molar-refractivity contribution in [2.24, 2.45) is 0 Å². The van der Waals surface area contributed by atoms with E-state index in [1.54, 1.807) is 0 Å². The maximum absolute atomic E-state index is 10.0. The van der Waals surface area contributed by atoms with Gasteiger partial charge in [0.1, 0.15) is 0 Å². The standard InChI is InChI=1S/C36H44N4.C17H14N.C5H8O2.Ir.Pt/c1-9-21-22(10-2)30-18-32-25(13-5)26(14-6)34(39-32)20-36-28(16-8)27(15-7)35(40-36)19-33-24(12-4)23(11-3)31(38-33)17-29(21)37-30;1-12-9-13(2)11-15(10-12)17-8-7-14-5-3-4-6-16(14)18-17;1-4(6)3-5(2)7;;/h17-20H,9-16H2,1-8H3;3-10H,1-2H3;3,6H,1-2H3;;/q-4;-1;;;+4. The van der Waals surface area contributed by atoms with Gasteiger partial charge < -0.3 is 25.0 Å². The molecule has 0 amide bonds. The van der Waals surface area contributed by atoms with Crippen LogP contribution in [0.25, 0.3) is 46.5 Å². The van der Waals surface area contributed by atoms with E-state index in [2.05, 4.69) is 130 Å². The summed E-state index contributed by atoms with van der Waals surface area (Å²) in [4.78, 5) is 35.7. The molecule has 0 spiro atoms. The van der Waals surface area contributed by atoms with Crippen molar-refractivity contribution in [1.29, 1.82) is 0 Å². The molecular formula is C58H66IrN5O2Pt-. The average Bonchev–Trinajstić information content (AvgIpc) is 4.01. The number of allylic oxidation sites excluding steroid dienone is 2. The van der Waals surface area contributed by atoms with Crippen molar-refractivity contribution >= 4 is 41.0 Å². The van der Waals surface area contributed by atoms with Crippen molar-refractivity contribution < 1.29 is 51.1 Å². The molecule has 0 saturated heterocycles. The molecule has 355 valence electrons. The SMILES string of the molecule is CC(=O)C=C(C)O.CCc1c2[n-]c(c1CC)C=c1[n-]c(c(CC)c1CC)=Cc1[n-]c(c(CC)c1CC)C=c1[n-]c(c(CC)c1CC)=C2.Cc1[c-]c(-c2ccc3ccccc3n2)cc(C)c1.[Ir].[Pt+4]. The summed E-state index contributed by atoms with van der Waals surface area (Å²) in [6, 6.07) is 20.0. The Balaban J connectivity index is 0.000000299. The number of para-hydroxylation sites is 1. The van der Waals surface area contributed by atoms with Crippen LogP contribution in [0.15, 0.2) is 60.4 Å². The molecular weight excluding hydrogens is 1190 g/mol. The fourth-order valence-corrected chi connectivity index (χ4v) is 9.47. The van der Waals surface area contributed by atoms with Gasteiger partial charge in [0, 0.05) is 26.2 Å². The van der Waals surface area contributed by atoms with E-state index in [0.29, 0.717) is 0 Å². The van der Waals surface area contributed by atoms with Crippen LogP contribution in [-0.2, 0) is 97.3 Å². The zero-order valence-corrected chi connectivity index (χ0v) is 46.1. The number of ketones is 1. The van der Waals surface area contributed by atoms with Crippen LogP contribution in [0.2, 0.25) is 0 Å². The minimum atomic E-state index is -0.125. The van der Waals surface area contributed by atoms with Crippen LogP contribution >= 0.6 is 0 Å². The van der Waals surface area contributed by atoms with E-state index < -0.39 is 0 Å². The molecule has 0 atom stereocenters. The van der Waals surface area contributed by atoms with Crippen LogP contribution in [0, 0.1) is 19.9 Å². The molecule has 1 aliphatic heterocycles. The van der Waals surface area contributed by atoms with Gasteiger partial charge in [0.05, 0.1) is 11.3 Å². The average molecular weight is 1250 g/mol. The Morgan fingerprint density at radius 1 is 0.567 bits per heavy atom. The molecule has 5 aromatic heterocycles. The molecule has 8 bridgehead atoms. The zero-order valence-electron chi connectivity index (χ0n) is 41.4. The number of aromatic nitrogens is 5. The molecule has 8 rings (SSSR count). The molecule has 7 aromatic rings. The molecule has 9 heteroatoms. The summed E-state index contributed by atoms with van der Waals surface area (Å²) < 4.78 is 0. The smallest absolute Gasteiger partial charge is 0.657 e. The topological polar surface area (TPSA) is 107 Å². The van der Waals surface area contributed by atoms with E-state index in [4.69, 9.17) is 30.0 Å². The van der Waals surface area contributed by atoms with Gasteiger partial charge in [-0.2, -0.15) is 0 Å². The van der Waals surface area contributed by atoms with Crippen LogP contribution in [0.1, 0.15) is 148 Å². The fraction of sp³-hybridized carbons (Fsp3) is 0.345. The number of carbonyl (C=O) groups excluding carboxylic acids is 1. The van der Waals surface area contributed by atoms with Gasteiger partial charge in [-0.3, -0.25) is 9.78 Å². The molecule has 1 N–H and O–H groups in total. The van der Waals surface area contributed by atoms with Gasteiger partial charge in [-0.15, -0.1) is 79.1 Å². The number of aliphatic hydroxyl groups excluding tert-OH is 1. The Labute approximate surface area is 426 Å². The third kappa shape index (κ3) is 12.4. The predicted octanol–water partition coefficient (Wildman–Crippen LogP) is 8.99. The second-order valence-electron chi connectivity index (χ2n) is 16.8. The van der Waals surface area contributed by atoms with Gasteiger partial charge in [0.25, 0.3) is 0 Å². The van der Waals surface area contributed by atoms with Crippen LogP contribution in [-0.4, -0.2) is 15.9 Å². The molecule has 0 aliphatic carbocycles. The number of carbonyl (C=O) groups is 1. The second-order valence-corrected chi connectivity index (χ2v) is 16.8. The maximum Gasteiger partial charge on any atom is 4.00 e. The summed E-state index contributed by atoms with van der Waals surface area (Å²) in [7, 11) is 0. The first-order chi connectivity index (χ1) is 31.3. The number of aliphatic hydroxyl groups is 1. The summed E-state index contributed by atoms with van der Waals surface area (Å²) in [5, 5.41) is 13.8. The van der Waals surface area contributed by atoms with E-state index in [1.165, 1.54) is 75.4 Å². The minimum absolute atomic E-state index is 0. The van der Waals surface area contributed by atoms with Gasteiger partial charge in [0.15, 0.2) is 5.78 Å². The number of rotatable bonds is 10. The number of pyridine rings is 1. The Bertz CT molecular complexity index is 2840. The summed E-state index contributed by atoms with van der Waals surface area (Å²) in [5.74, 6) is -0.0625. The van der Waals surface area contributed by atoms with Gasteiger partial charge in [0.2, 0.25) is 0 Å². The third-order valence-corrected chi connectivity index (χ3v) is 12.3. The Morgan fingerprint density at radius 2 is 0.955 bits per heavy atom. The largest absolute Gasteiger partial charge is 4.00 e. The van der Waals surface area contributed by atoms with Crippen molar-refractivity contribution in [3.8, 4) is 11.3 Å². The minimum Gasteiger partial charge on any atom is -0.657 e. The van der Waals surface area contributed by atoms with Crippen molar-refractivity contribution in [3.05, 3.63) is 166 Å². The number of hydrogen-bond acceptors (Lipinski definition) is 3. The van der Waals surface area contributed by atoms with E-state index in [-0.39, 0.29) is 52.7 Å². The normalized spacial score (nSPS) is 11.6. The molecule has 0 unspecified atom stereocenters. The van der Waals surface area contributed by atoms with E-state index >= 15 is 0 Å². The van der Waals surface area contributed by atoms with Crippen molar-refractivity contribution in [1.82, 2.24) is 24.9 Å². The van der Waals surface area contributed by atoms with Crippen molar-refractivity contribution in [2.75, 3.05) is 0 Å². The molecule has 67 heavy (non-hydrogen) atoms. The van der Waals surface area contributed by atoms with E-state index in [9.17, 15) is 4.79 Å². The Kier molecular flexibility index (Phi) is 20.3. The van der Waals surface area contributed by atoms with Gasteiger partial charge in [-0.05, 0) is 82.4 Å². The van der Waals surface area contributed by atoms with Gasteiger partial charge in [-0.1, -0.05) is 168 Å². The molecule has 6 heterocycles. The first kappa shape index (κ1) is 54.6. The predicted molar refractivity (Wildman–Crippen MR) is 269 cm³/mol. The summed E-state index contributed by atoms with van der Waals surface area (Å²) >= 11 is 0. The summed E-state index contributed by atoms with van der Waals surface area (Å²) in [6.07, 6.45) is 17.7. The second kappa shape index (κ2) is 24.9. The fourth-order valence-electron chi connectivity index (χ4n) is 9.47. The molecule has 1 radical (unpaired) electrons. The molecule has 1 aliphatic rings. The van der Waals surface area contributed by atoms with E-state index in [0.717, 1.165) is 118 Å². The number of nitrogens with zero attached hydrogens (tertiary/aromatic N) is 5. The molecule has 0 saturated carbocycles. The Hall–Kier alpha value is -5.00. The number of hydrogen-bond donors (Lipinski definition) is 1. The molecule has 0 fully saturated rings. The third-order valence-electron chi connectivity index (χ3n) is 12.3. The quantitative estimate of drug-likeness (QED) is 0.0829. The zero-order chi connectivity index (χ0) is 46.9. The number of benzene rings is 2. The van der Waals surface area contributed by atoms with Crippen molar-refractivity contribution in [3.63, 3.8) is 0 Å². The number of fused-ring (bicyclic) bond motifs is 9. The summed E-state index contributed by atoms with van der Waals surface area (Å²) in [6.45, 7) is 25.0. The van der Waals surface area contributed by atoms with Crippen LogP contribution in [0.5, 0.6) is 0 Å². The van der Waals surface area contributed by atoms with E-state index in [1.807, 2.05) is 18.2 Å². The van der Waals surface area contributed by atoms with Gasteiger partial charge >= 0.3 is 21.1 Å². The molecule has 7 nitrogen and oxygen atoms in total. The monoisotopic (exact) mass is 1250 g/mol. The van der Waals surface area contributed by atoms with Gasteiger partial charge in [-0.25, -0.2) is 0 Å². The van der Waals surface area contributed by atoms with Crippen LogP contribution < -0.4 is 41.3 Å². The van der Waals surface area contributed by atoms with Crippen LogP contribution in [0.3, 0.4) is 0 Å². The van der Waals surface area contributed by atoms with Crippen molar-refractivity contribution in [2.45, 2.75) is 134 Å². The first-order valence-electron chi connectivity index (χ1n) is 23.7. The maximum atomic E-state index is 10.0. The molecule has 2 aromatic carbocycles. The number of aryl methyl sites for hydroxylation is 2. The first-order valence-corrected chi connectivity index (χ1v) is 23.7. The Morgan fingerprint density at radius 3 is 1.28 bits per heavy atom. The summed E-state index contributed by atoms with van der Waals surface area (Å²) in [5.41, 5.74) is 20.4. The van der Waals surface area contributed by atoms with Crippen LogP contribution in [0.4, 0.5) is 0 Å².